The Morgan fingerprint density at radius 2 is 1.82 bits per heavy atom. The molecule has 0 spiro atoms. The van der Waals surface area contributed by atoms with Crippen LogP contribution in [0.5, 0.6) is 11.5 Å². The monoisotopic (exact) mass is 457 g/mol. The highest BCUT2D eigenvalue weighted by Gasteiger charge is 2.31. The summed E-state index contributed by atoms with van der Waals surface area (Å²) in [5.41, 5.74) is 5.00. The second kappa shape index (κ2) is 9.29. The molecule has 174 valence electrons. The van der Waals surface area contributed by atoms with Gasteiger partial charge >= 0.3 is 5.97 Å². The molecule has 3 aromatic rings. The molecule has 1 saturated carbocycles. The maximum Gasteiger partial charge on any atom is 0.339 e. The van der Waals surface area contributed by atoms with E-state index in [9.17, 15) is 9.59 Å². The molecule has 0 amide bonds. The number of fused-ring (bicyclic) bond motifs is 2. The Labute approximate surface area is 198 Å². The fourth-order valence-electron chi connectivity index (χ4n) is 4.92. The van der Waals surface area contributed by atoms with Gasteiger partial charge in [-0.1, -0.05) is 24.3 Å². The number of ether oxygens (including phenoxy) is 3. The maximum atomic E-state index is 13.4. The van der Waals surface area contributed by atoms with Crippen molar-refractivity contribution >= 4 is 34.3 Å². The molecule has 0 saturated heterocycles. The highest BCUT2D eigenvalue weighted by Crippen LogP contribution is 2.39. The Morgan fingerprint density at radius 3 is 2.62 bits per heavy atom. The number of esters is 1. The minimum atomic E-state index is -0.646. The van der Waals surface area contributed by atoms with E-state index in [-0.39, 0.29) is 5.78 Å². The highest BCUT2D eigenvalue weighted by molar-refractivity contribution is 6.08. The van der Waals surface area contributed by atoms with E-state index >= 15 is 0 Å². The van der Waals surface area contributed by atoms with Crippen molar-refractivity contribution in [1.82, 2.24) is 4.98 Å². The number of methoxy groups -OCH3 is 2. The number of allylic oxidation sites excluding steroid dienone is 1. The molecule has 1 fully saturated rings. The fourth-order valence-corrected chi connectivity index (χ4v) is 4.92. The molecule has 1 aromatic heterocycles. The summed E-state index contributed by atoms with van der Waals surface area (Å²) in [6.45, 7) is 0. The molecule has 0 N–H and O–H groups in total. The number of para-hydroxylation sites is 1. The van der Waals surface area contributed by atoms with Crippen LogP contribution in [-0.4, -0.2) is 37.1 Å². The van der Waals surface area contributed by atoms with Gasteiger partial charge in [-0.2, -0.15) is 0 Å². The SMILES string of the molecule is COc1ccc(C=C2CCc3c2nc2ccccc2c3C(=O)OC2CCCCC2=O)cc1OC. The fraction of sp³-hybridized carbons (Fsp3) is 0.321. The standard InChI is InChI=1S/C28H27NO5/c1-32-24-14-11-17(16-25(24)33-2)15-18-12-13-20-26(19-7-3-4-8-21(19)29-27(18)20)28(31)34-23-10-6-5-9-22(23)30/h3-4,7-8,11,14-16,23H,5-6,9-10,12-13H2,1-2H3. The molecule has 1 heterocycles. The lowest BCUT2D eigenvalue weighted by Gasteiger charge is -2.21. The van der Waals surface area contributed by atoms with Gasteiger partial charge in [-0.3, -0.25) is 4.79 Å². The second-order valence-corrected chi connectivity index (χ2v) is 8.72. The summed E-state index contributed by atoms with van der Waals surface area (Å²) >= 11 is 0. The summed E-state index contributed by atoms with van der Waals surface area (Å²) < 4.78 is 16.6. The van der Waals surface area contributed by atoms with Crippen molar-refractivity contribution in [2.75, 3.05) is 14.2 Å². The van der Waals surface area contributed by atoms with Crippen LogP contribution in [0.3, 0.4) is 0 Å². The van der Waals surface area contributed by atoms with E-state index in [2.05, 4.69) is 6.08 Å². The summed E-state index contributed by atoms with van der Waals surface area (Å²) in [4.78, 5) is 30.6. The van der Waals surface area contributed by atoms with Gasteiger partial charge < -0.3 is 14.2 Å². The first-order chi connectivity index (χ1) is 16.6. The topological polar surface area (TPSA) is 74.7 Å². The van der Waals surface area contributed by atoms with Gasteiger partial charge in [-0.05, 0) is 73.1 Å². The Kier molecular flexibility index (Phi) is 6.05. The first-order valence-corrected chi connectivity index (χ1v) is 11.7. The predicted octanol–water partition coefficient (Wildman–Crippen LogP) is 5.41. The Balaban J connectivity index is 1.57. The lowest BCUT2D eigenvalue weighted by molar-refractivity contribution is -0.129. The summed E-state index contributed by atoms with van der Waals surface area (Å²) in [5.74, 6) is 0.914. The van der Waals surface area contributed by atoms with E-state index in [1.165, 1.54) is 0 Å². The zero-order valence-corrected chi connectivity index (χ0v) is 19.4. The number of rotatable bonds is 5. The molecule has 34 heavy (non-hydrogen) atoms. The van der Waals surface area contributed by atoms with E-state index in [1.54, 1.807) is 14.2 Å². The number of hydrogen-bond acceptors (Lipinski definition) is 6. The van der Waals surface area contributed by atoms with Crippen molar-refractivity contribution in [3.05, 3.63) is 64.8 Å². The van der Waals surface area contributed by atoms with Crippen LogP contribution in [0.4, 0.5) is 0 Å². The number of hydrogen-bond donors (Lipinski definition) is 0. The van der Waals surface area contributed by atoms with Gasteiger partial charge in [0.15, 0.2) is 23.4 Å². The lowest BCUT2D eigenvalue weighted by atomic mass is 9.96. The average Bonchev–Trinajstić information content (AvgIpc) is 3.25. The number of pyridine rings is 1. The highest BCUT2D eigenvalue weighted by atomic mass is 16.5. The number of ketones is 1. The van der Waals surface area contributed by atoms with Crippen LogP contribution in [0.2, 0.25) is 0 Å². The van der Waals surface area contributed by atoms with Crippen LogP contribution < -0.4 is 9.47 Å². The van der Waals surface area contributed by atoms with Crippen molar-refractivity contribution in [1.29, 1.82) is 0 Å². The van der Waals surface area contributed by atoms with Crippen LogP contribution in [-0.2, 0) is 16.0 Å². The lowest BCUT2D eigenvalue weighted by Crippen LogP contribution is -2.30. The van der Waals surface area contributed by atoms with Crippen LogP contribution in [0.25, 0.3) is 22.6 Å². The van der Waals surface area contributed by atoms with E-state index in [0.29, 0.717) is 36.3 Å². The molecule has 5 rings (SSSR count). The molecule has 0 bridgehead atoms. The largest absolute Gasteiger partial charge is 0.493 e. The zero-order valence-electron chi connectivity index (χ0n) is 19.4. The summed E-state index contributed by atoms with van der Waals surface area (Å²) in [5, 5.41) is 0.766. The number of nitrogens with zero attached hydrogens (tertiary/aromatic N) is 1. The van der Waals surface area contributed by atoms with Gasteiger partial charge in [-0.15, -0.1) is 0 Å². The summed E-state index contributed by atoms with van der Waals surface area (Å²) in [7, 11) is 3.22. The molecule has 0 radical (unpaired) electrons. The molecule has 2 aliphatic carbocycles. The molecular formula is C28H27NO5. The van der Waals surface area contributed by atoms with Crippen molar-refractivity contribution in [2.45, 2.75) is 44.6 Å². The number of carbonyl (C=O) groups is 2. The van der Waals surface area contributed by atoms with Gasteiger partial charge in [0.2, 0.25) is 0 Å². The molecule has 1 unspecified atom stereocenters. The second-order valence-electron chi connectivity index (χ2n) is 8.72. The Morgan fingerprint density at radius 1 is 1.00 bits per heavy atom. The van der Waals surface area contributed by atoms with Gasteiger partial charge in [0, 0.05) is 11.8 Å². The first kappa shape index (κ1) is 22.1. The minimum Gasteiger partial charge on any atom is -0.493 e. The first-order valence-electron chi connectivity index (χ1n) is 11.7. The molecule has 2 aromatic carbocycles. The summed E-state index contributed by atoms with van der Waals surface area (Å²) in [6.07, 6.45) is 5.72. The molecule has 1 atom stereocenters. The smallest absolute Gasteiger partial charge is 0.339 e. The van der Waals surface area contributed by atoms with E-state index in [0.717, 1.165) is 52.6 Å². The van der Waals surface area contributed by atoms with E-state index in [1.807, 2.05) is 42.5 Å². The van der Waals surface area contributed by atoms with Crippen LogP contribution in [0, 0.1) is 0 Å². The van der Waals surface area contributed by atoms with Gasteiger partial charge in [0.05, 0.1) is 31.0 Å². The molecule has 6 heteroatoms. The molecular weight excluding hydrogens is 430 g/mol. The van der Waals surface area contributed by atoms with Gasteiger partial charge in [0.25, 0.3) is 0 Å². The quantitative estimate of drug-likeness (QED) is 0.477. The van der Waals surface area contributed by atoms with E-state index in [4.69, 9.17) is 19.2 Å². The normalized spacial score (nSPS) is 18.7. The van der Waals surface area contributed by atoms with Crippen molar-refractivity contribution in [2.24, 2.45) is 0 Å². The zero-order chi connectivity index (χ0) is 23.7. The number of Topliss-reactive ketones (excluding diaryl/α,β-unsaturated/α-hetero) is 1. The number of aromatic nitrogens is 1. The maximum absolute atomic E-state index is 13.4. The van der Waals surface area contributed by atoms with E-state index < -0.39 is 12.1 Å². The third-order valence-corrected chi connectivity index (χ3v) is 6.64. The third kappa shape index (κ3) is 4.04. The molecule has 6 nitrogen and oxygen atoms in total. The van der Waals surface area contributed by atoms with Crippen molar-refractivity contribution in [3.8, 4) is 11.5 Å². The minimum absolute atomic E-state index is 0.0173. The number of benzene rings is 2. The third-order valence-electron chi connectivity index (χ3n) is 6.64. The van der Waals surface area contributed by atoms with Crippen molar-refractivity contribution in [3.63, 3.8) is 0 Å². The summed E-state index contributed by atoms with van der Waals surface area (Å²) in [6, 6.07) is 13.4. The predicted molar refractivity (Wildman–Crippen MR) is 130 cm³/mol. The van der Waals surface area contributed by atoms with Crippen LogP contribution in [0.1, 0.15) is 59.3 Å². The average molecular weight is 458 g/mol. The Hall–Kier alpha value is -3.67. The molecule has 0 aliphatic heterocycles. The number of carbonyl (C=O) groups excluding carboxylic acids is 2. The van der Waals surface area contributed by atoms with Crippen LogP contribution >= 0.6 is 0 Å². The Bertz CT molecular complexity index is 1310. The van der Waals surface area contributed by atoms with Gasteiger partial charge in [-0.25, -0.2) is 9.78 Å². The van der Waals surface area contributed by atoms with Crippen LogP contribution in [0.15, 0.2) is 42.5 Å². The van der Waals surface area contributed by atoms with Crippen molar-refractivity contribution < 1.29 is 23.8 Å². The van der Waals surface area contributed by atoms with Gasteiger partial charge in [0.1, 0.15) is 0 Å². The molecule has 2 aliphatic rings.